The van der Waals surface area contributed by atoms with Crippen LogP contribution in [0.25, 0.3) is 0 Å². The van der Waals surface area contributed by atoms with E-state index in [-0.39, 0.29) is 42.1 Å². The van der Waals surface area contributed by atoms with Crippen molar-refractivity contribution >= 4 is 17.9 Å². The minimum atomic E-state index is -0.352. The second-order valence-electron chi connectivity index (χ2n) is 9.50. The number of hydrogen-bond donors (Lipinski definition) is 0. The molecule has 2 aliphatic carbocycles. The maximum absolute atomic E-state index is 12.7. The summed E-state index contributed by atoms with van der Waals surface area (Å²) in [4.78, 5) is 36.1. The van der Waals surface area contributed by atoms with Gasteiger partial charge in [-0.3, -0.25) is 4.79 Å². The zero-order valence-corrected chi connectivity index (χ0v) is 19.5. The highest BCUT2D eigenvalue weighted by Gasteiger charge is 2.35. The first-order valence-electron chi connectivity index (χ1n) is 11.5. The van der Waals surface area contributed by atoms with Crippen molar-refractivity contribution in [3.63, 3.8) is 0 Å². The van der Waals surface area contributed by atoms with Crippen LogP contribution in [0.15, 0.2) is 24.3 Å². The molecule has 4 unspecified atom stereocenters. The molecule has 6 heteroatoms. The van der Waals surface area contributed by atoms with Crippen molar-refractivity contribution in [2.24, 2.45) is 17.8 Å². The van der Waals surface area contributed by atoms with Crippen LogP contribution >= 0.6 is 0 Å². The third-order valence-electron chi connectivity index (χ3n) is 6.50. The summed E-state index contributed by atoms with van der Waals surface area (Å²) in [5.74, 6) is -0.0747. The number of rotatable bonds is 8. The summed E-state index contributed by atoms with van der Waals surface area (Å²) in [7, 11) is 0. The Hall–Kier alpha value is -2.11. The van der Waals surface area contributed by atoms with Crippen molar-refractivity contribution in [2.45, 2.75) is 97.4 Å². The molecule has 0 heterocycles. The van der Waals surface area contributed by atoms with Gasteiger partial charge in [-0.2, -0.15) is 0 Å². The first kappa shape index (κ1) is 25.2. The van der Waals surface area contributed by atoms with Crippen molar-refractivity contribution in [3.05, 3.63) is 24.3 Å². The van der Waals surface area contributed by atoms with Crippen molar-refractivity contribution in [3.8, 4) is 0 Å². The lowest BCUT2D eigenvalue weighted by Gasteiger charge is -2.35. The first-order valence-corrected chi connectivity index (χ1v) is 11.5. The smallest absolute Gasteiger partial charge is 0.333 e. The predicted octanol–water partition coefficient (Wildman–Crippen LogP) is 4.91. The Balaban J connectivity index is 1.73. The third-order valence-corrected chi connectivity index (χ3v) is 6.50. The summed E-state index contributed by atoms with van der Waals surface area (Å²) < 4.78 is 16.6. The van der Waals surface area contributed by atoms with Crippen LogP contribution in [0.3, 0.4) is 0 Å². The highest BCUT2D eigenvalue weighted by molar-refractivity contribution is 5.87. The Morgan fingerprint density at radius 1 is 0.871 bits per heavy atom. The molecule has 4 atom stereocenters. The van der Waals surface area contributed by atoms with E-state index in [2.05, 4.69) is 20.1 Å². The summed E-state index contributed by atoms with van der Waals surface area (Å²) in [6.07, 6.45) is 5.83. The minimum absolute atomic E-state index is 0.0708. The lowest BCUT2D eigenvalue weighted by molar-refractivity contribution is -0.161. The number of hydrogen-bond acceptors (Lipinski definition) is 6. The van der Waals surface area contributed by atoms with Crippen LogP contribution in [0.2, 0.25) is 0 Å². The fraction of sp³-hybridized carbons (Fsp3) is 0.720. The second-order valence-corrected chi connectivity index (χ2v) is 9.50. The van der Waals surface area contributed by atoms with Gasteiger partial charge in [-0.05, 0) is 84.0 Å². The molecule has 2 fully saturated rings. The highest BCUT2D eigenvalue weighted by Crippen LogP contribution is 2.38. The molecule has 0 spiro atoms. The summed E-state index contributed by atoms with van der Waals surface area (Å²) in [6.45, 7) is 14.6. The standard InChI is InChI=1S/C25H38O6/c1-15(2)23(26)29-18(6)14-19-7-8-20(13-17(19)5)25(28)31-22-11-9-21(10-12-22)30-24(27)16(3)4/h17-22H,1,3,7-14H2,2,4-6H3. The van der Waals surface area contributed by atoms with Gasteiger partial charge < -0.3 is 14.2 Å². The molecule has 2 rings (SSSR count). The van der Waals surface area contributed by atoms with E-state index < -0.39 is 0 Å². The maximum atomic E-state index is 12.7. The van der Waals surface area contributed by atoms with E-state index in [4.69, 9.17) is 14.2 Å². The molecule has 0 aromatic carbocycles. The van der Waals surface area contributed by atoms with Gasteiger partial charge in [-0.1, -0.05) is 20.1 Å². The van der Waals surface area contributed by atoms with Gasteiger partial charge in [-0.15, -0.1) is 0 Å². The molecule has 0 radical (unpaired) electrons. The third kappa shape index (κ3) is 7.82. The maximum Gasteiger partial charge on any atom is 0.333 e. The van der Waals surface area contributed by atoms with Crippen LogP contribution in [-0.4, -0.2) is 36.2 Å². The molecule has 0 aromatic rings. The molecule has 2 aliphatic rings. The van der Waals surface area contributed by atoms with Gasteiger partial charge in [0, 0.05) is 11.1 Å². The Morgan fingerprint density at radius 2 is 1.42 bits per heavy atom. The zero-order valence-electron chi connectivity index (χ0n) is 19.5. The average Bonchev–Trinajstić information content (AvgIpc) is 2.70. The molecule has 0 aliphatic heterocycles. The van der Waals surface area contributed by atoms with Gasteiger partial charge >= 0.3 is 17.9 Å². The minimum Gasteiger partial charge on any atom is -0.462 e. The van der Waals surface area contributed by atoms with Crippen LogP contribution in [0, 0.1) is 17.8 Å². The number of carbonyl (C=O) groups excluding carboxylic acids is 3. The molecular weight excluding hydrogens is 396 g/mol. The summed E-state index contributed by atoms with van der Waals surface area (Å²) in [5, 5.41) is 0. The van der Waals surface area contributed by atoms with E-state index in [9.17, 15) is 14.4 Å². The predicted molar refractivity (Wildman–Crippen MR) is 118 cm³/mol. The van der Waals surface area contributed by atoms with E-state index in [1.807, 2.05) is 6.92 Å². The molecule has 0 bridgehead atoms. The Morgan fingerprint density at radius 3 is 1.94 bits per heavy atom. The highest BCUT2D eigenvalue weighted by atomic mass is 16.6. The van der Waals surface area contributed by atoms with E-state index >= 15 is 0 Å². The van der Waals surface area contributed by atoms with E-state index in [1.165, 1.54) is 0 Å². The number of esters is 3. The summed E-state index contributed by atoms with van der Waals surface area (Å²) in [5.41, 5.74) is 0.816. The molecule has 2 saturated carbocycles. The largest absolute Gasteiger partial charge is 0.462 e. The van der Waals surface area contributed by atoms with Crippen molar-refractivity contribution < 1.29 is 28.6 Å². The van der Waals surface area contributed by atoms with Crippen LogP contribution in [-0.2, 0) is 28.6 Å². The SMILES string of the molecule is C=C(C)C(=O)OC(C)CC1CCC(C(=O)OC2CCC(OC(=O)C(=C)C)CC2)CC1C. The second kappa shape index (κ2) is 11.5. The van der Waals surface area contributed by atoms with Gasteiger partial charge in [0.2, 0.25) is 0 Å². The van der Waals surface area contributed by atoms with Gasteiger partial charge in [0.15, 0.2) is 0 Å². The topological polar surface area (TPSA) is 78.9 Å². The van der Waals surface area contributed by atoms with Gasteiger partial charge in [0.05, 0.1) is 12.0 Å². The van der Waals surface area contributed by atoms with Gasteiger partial charge in [-0.25, -0.2) is 9.59 Å². The van der Waals surface area contributed by atoms with Crippen molar-refractivity contribution in [2.75, 3.05) is 0 Å². The van der Waals surface area contributed by atoms with Crippen LogP contribution in [0.1, 0.15) is 79.1 Å². The molecule has 31 heavy (non-hydrogen) atoms. The van der Waals surface area contributed by atoms with Crippen LogP contribution in [0.5, 0.6) is 0 Å². The lowest BCUT2D eigenvalue weighted by Crippen LogP contribution is -2.35. The van der Waals surface area contributed by atoms with Crippen molar-refractivity contribution in [1.29, 1.82) is 0 Å². The molecule has 0 aromatic heterocycles. The molecule has 6 nitrogen and oxygen atoms in total. The molecule has 0 saturated heterocycles. The van der Waals surface area contributed by atoms with Crippen LogP contribution < -0.4 is 0 Å². The molecule has 0 N–H and O–H groups in total. The molecule has 0 amide bonds. The Kier molecular flexibility index (Phi) is 9.32. The van der Waals surface area contributed by atoms with Gasteiger partial charge in [0.1, 0.15) is 12.2 Å². The first-order chi connectivity index (χ1) is 14.6. The fourth-order valence-electron chi connectivity index (χ4n) is 4.56. The van der Waals surface area contributed by atoms with E-state index in [0.29, 0.717) is 35.8 Å². The normalized spacial score (nSPS) is 29.4. The summed E-state index contributed by atoms with van der Waals surface area (Å²) in [6, 6.07) is 0. The average molecular weight is 435 g/mol. The lowest BCUT2D eigenvalue weighted by atomic mass is 9.73. The van der Waals surface area contributed by atoms with E-state index in [1.54, 1.807) is 13.8 Å². The van der Waals surface area contributed by atoms with Crippen LogP contribution in [0.4, 0.5) is 0 Å². The van der Waals surface area contributed by atoms with Crippen molar-refractivity contribution in [1.82, 2.24) is 0 Å². The van der Waals surface area contributed by atoms with Gasteiger partial charge in [0.25, 0.3) is 0 Å². The summed E-state index contributed by atoms with van der Waals surface area (Å²) >= 11 is 0. The number of carbonyl (C=O) groups is 3. The Labute approximate surface area is 186 Å². The monoisotopic (exact) mass is 434 g/mol. The fourth-order valence-corrected chi connectivity index (χ4v) is 4.56. The zero-order chi connectivity index (χ0) is 23.1. The molecular formula is C25H38O6. The quantitative estimate of drug-likeness (QED) is 0.307. The van der Waals surface area contributed by atoms with E-state index in [0.717, 1.165) is 38.5 Å². The number of ether oxygens (including phenoxy) is 3. The molecule has 174 valence electrons. The Bertz CT molecular complexity index is 688.